The molecule has 0 aliphatic carbocycles. The van der Waals surface area contributed by atoms with Gasteiger partial charge in [0.05, 0.1) is 5.57 Å². The van der Waals surface area contributed by atoms with Crippen LogP contribution < -0.4 is 0 Å². The highest BCUT2D eigenvalue weighted by Crippen LogP contribution is 2.05. The highest BCUT2D eigenvalue weighted by Gasteiger charge is 2.10. The van der Waals surface area contributed by atoms with Crippen LogP contribution >= 0.6 is 0 Å². The minimum atomic E-state index is -0.867. The van der Waals surface area contributed by atoms with E-state index < -0.39 is 9.68 Å². The zero-order valence-electron chi connectivity index (χ0n) is 7.14. The maximum absolute atomic E-state index is 11.2. The third-order valence-corrected chi connectivity index (χ3v) is 2.70. The number of nitrogens with zero attached hydrogens (tertiary/aromatic N) is 1. The van der Waals surface area contributed by atoms with Crippen LogP contribution in [0.25, 0.3) is 0 Å². The Bertz CT molecular complexity index is 273. The molecule has 1 aliphatic heterocycles. The van der Waals surface area contributed by atoms with Crippen molar-refractivity contribution in [2.45, 2.75) is 0 Å². The summed E-state index contributed by atoms with van der Waals surface area (Å²) < 4.78 is 5.93. The predicted molar refractivity (Wildman–Crippen MR) is 50.5 cm³/mol. The van der Waals surface area contributed by atoms with E-state index >= 15 is 0 Å². The average molecular weight is 197 g/mol. The van der Waals surface area contributed by atoms with Crippen LogP contribution in [0.4, 0.5) is 0 Å². The molecule has 4 nitrogen and oxygen atoms in total. The summed E-state index contributed by atoms with van der Waals surface area (Å²) in [6.45, 7) is 3.65. The smallest absolute Gasteiger partial charge is 0.337 e. The largest absolute Gasteiger partial charge is 0.458 e. The molecule has 0 amide bonds. The number of hydrogen-bond acceptors (Lipinski definition) is 4. The maximum atomic E-state index is 11.2. The van der Waals surface area contributed by atoms with E-state index in [1.807, 2.05) is 0 Å². The molecular weight excluding hydrogens is 186 g/mol. The molecule has 0 aromatic heterocycles. The molecule has 13 heavy (non-hydrogen) atoms. The second kappa shape index (κ2) is 4.63. The molecule has 70 valence electrons. The van der Waals surface area contributed by atoms with Gasteiger partial charge < -0.3 is 4.74 Å². The Hall–Kier alpha value is -1.33. The van der Waals surface area contributed by atoms with E-state index in [-0.39, 0.29) is 12.6 Å². The average Bonchev–Trinajstić information content (AvgIpc) is 2.15. The minimum Gasteiger partial charge on any atom is -0.458 e. The monoisotopic (exact) mass is 197 g/mol. The maximum Gasteiger partial charge on any atom is 0.337 e. The molecule has 1 aliphatic rings. The zero-order valence-corrected chi connectivity index (χ0v) is 8.56. The summed E-state index contributed by atoms with van der Waals surface area (Å²) in [5, 5.41) is 8.98. The lowest BCUT2D eigenvalue weighted by atomic mass is 10.3. The SMILES string of the molecule is C=CCOC(=O)C1=C[SiH2]N(O)C=C1. The van der Waals surface area contributed by atoms with Gasteiger partial charge in [-0.25, -0.2) is 4.79 Å². The van der Waals surface area contributed by atoms with E-state index in [1.165, 1.54) is 18.4 Å². The molecule has 5 heteroatoms. The molecule has 0 spiro atoms. The highest BCUT2D eigenvalue weighted by molar-refractivity contribution is 6.40. The standard InChI is InChI=1S/C8H11NO3Si/c1-2-5-12-8(10)7-3-4-9(11)13-6-7/h2-4,6,11H,1,5,13H2. The van der Waals surface area contributed by atoms with E-state index in [0.29, 0.717) is 5.57 Å². The van der Waals surface area contributed by atoms with Crippen LogP contribution in [-0.2, 0) is 9.53 Å². The first-order valence-corrected chi connectivity index (χ1v) is 5.31. The van der Waals surface area contributed by atoms with Crippen molar-refractivity contribution >= 4 is 15.7 Å². The van der Waals surface area contributed by atoms with Gasteiger partial charge in [-0.1, -0.05) is 18.4 Å². The number of carbonyl (C=O) groups excluding carboxylic acids is 1. The number of esters is 1. The second-order valence-electron chi connectivity index (χ2n) is 2.48. The first kappa shape index (κ1) is 9.75. The quantitative estimate of drug-likeness (QED) is 0.390. The Morgan fingerprint density at radius 3 is 3.15 bits per heavy atom. The van der Waals surface area contributed by atoms with Gasteiger partial charge in [0.15, 0.2) is 9.68 Å². The molecule has 0 fully saturated rings. The van der Waals surface area contributed by atoms with Crippen molar-refractivity contribution in [2.24, 2.45) is 0 Å². The third-order valence-electron chi connectivity index (χ3n) is 1.49. The van der Waals surface area contributed by atoms with E-state index in [2.05, 4.69) is 6.58 Å². The van der Waals surface area contributed by atoms with Gasteiger partial charge in [-0.05, 0) is 6.08 Å². The third kappa shape index (κ3) is 2.88. The van der Waals surface area contributed by atoms with Crippen molar-refractivity contribution in [3.8, 4) is 0 Å². The summed E-state index contributed by atoms with van der Waals surface area (Å²) in [5.41, 5.74) is 2.24. The molecular formula is C8H11NO3Si. The van der Waals surface area contributed by atoms with Crippen molar-refractivity contribution in [1.82, 2.24) is 4.73 Å². The van der Waals surface area contributed by atoms with Crippen molar-refractivity contribution < 1.29 is 14.7 Å². The number of rotatable bonds is 3. The summed E-state index contributed by atoms with van der Waals surface area (Å²) in [6.07, 6.45) is 4.51. The van der Waals surface area contributed by atoms with E-state index in [1.54, 1.807) is 5.70 Å². The van der Waals surface area contributed by atoms with Gasteiger partial charge in [-0.15, -0.1) is 0 Å². The molecule has 1 heterocycles. The lowest BCUT2D eigenvalue weighted by Crippen LogP contribution is -2.21. The molecule has 0 saturated heterocycles. The molecule has 0 aromatic rings. The molecule has 0 radical (unpaired) electrons. The molecule has 0 atom stereocenters. The fourth-order valence-electron chi connectivity index (χ4n) is 0.856. The highest BCUT2D eigenvalue weighted by atomic mass is 28.2. The summed E-state index contributed by atoms with van der Waals surface area (Å²) in [5.74, 6) is -0.364. The molecule has 1 rings (SSSR count). The van der Waals surface area contributed by atoms with Crippen LogP contribution in [0.15, 0.2) is 36.2 Å². The predicted octanol–water partition coefficient (Wildman–Crippen LogP) is -0.0982. The molecule has 0 bridgehead atoms. The molecule has 0 aromatic carbocycles. The van der Waals surface area contributed by atoms with E-state index in [0.717, 1.165) is 4.73 Å². The second-order valence-corrected chi connectivity index (χ2v) is 3.91. The molecule has 0 saturated carbocycles. The van der Waals surface area contributed by atoms with Crippen LogP contribution in [0.2, 0.25) is 0 Å². The van der Waals surface area contributed by atoms with Gasteiger partial charge >= 0.3 is 5.97 Å². The fourth-order valence-corrected chi connectivity index (χ4v) is 1.77. The Kier molecular flexibility index (Phi) is 3.48. The lowest BCUT2D eigenvalue weighted by molar-refractivity contribution is -0.137. The van der Waals surface area contributed by atoms with Crippen LogP contribution in [0.3, 0.4) is 0 Å². The van der Waals surface area contributed by atoms with Gasteiger partial charge in [-0.2, -0.15) is 0 Å². The normalized spacial score (nSPS) is 17.0. The Morgan fingerprint density at radius 1 is 1.85 bits per heavy atom. The van der Waals surface area contributed by atoms with Gasteiger partial charge in [0.2, 0.25) is 0 Å². The Balaban J connectivity index is 2.49. The van der Waals surface area contributed by atoms with Crippen LogP contribution in [-0.4, -0.2) is 32.2 Å². The number of hydroxylamine groups is 1. The first-order valence-electron chi connectivity index (χ1n) is 3.86. The lowest BCUT2D eigenvalue weighted by Gasteiger charge is -2.13. The van der Waals surface area contributed by atoms with Crippen LogP contribution in [0.5, 0.6) is 0 Å². The summed E-state index contributed by atoms with van der Waals surface area (Å²) >= 11 is 0. The van der Waals surface area contributed by atoms with Crippen molar-refractivity contribution in [2.75, 3.05) is 6.61 Å². The summed E-state index contributed by atoms with van der Waals surface area (Å²) in [6, 6.07) is 0. The molecule has 0 unspecified atom stereocenters. The minimum absolute atomic E-state index is 0.217. The van der Waals surface area contributed by atoms with Crippen LogP contribution in [0, 0.1) is 0 Å². The number of ether oxygens (including phenoxy) is 1. The molecule has 1 N–H and O–H groups in total. The van der Waals surface area contributed by atoms with Gasteiger partial charge in [-0.3, -0.25) is 9.94 Å². The van der Waals surface area contributed by atoms with Crippen LogP contribution in [0.1, 0.15) is 0 Å². The summed E-state index contributed by atoms with van der Waals surface area (Å²) in [7, 11) is -0.867. The van der Waals surface area contributed by atoms with Gasteiger partial charge in [0.1, 0.15) is 6.61 Å². The number of hydrogen-bond donors (Lipinski definition) is 1. The van der Waals surface area contributed by atoms with E-state index in [4.69, 9.17) is 9.94 Å². The zero-order chi connectivity index (χ0) is 9.68. The van der Waals surface area contributed by atoms with Gasteiger partial charge in [0.25, 0.3) is 0 Å². The topological polar surface area (TPSA) is 49.8 Å². The van der Waals surface area contributed by atoms with Crippen molar-refractivity contribution in [3.63, 3.8) is 0 Å². The van der Waals surface area contributed by atoms with E-state index in [9.17, 15) is 4.79 Å². The first-order chi connectivity index (χ1) is 6.24. The van der Waals surface area contributed by atoms with Gasteiger partial charge in [0, 0.05) is 6.20 Å². The Morgan fingerprint density at radius 2 is 2.62 bits per heavy atom. The number of carbonyl (C=O) groups is 1. The fraction of sp³-hybridized carbons (Fsp3) is 0.125. The summed E-state index contributed by atoms with van der Waals surface area (Å²) in [4.78, 5) is 11.2. The van der Waals surface area contributed by atoms with Crippen molar-refractivity contribution in [1.29, 1.82) is 0 Å². The Labute approximate surface area is 78.7 Å². The van der Waals surface area contributed by atoms with Crippen molar-refractivity contribution in [3.05, 3.63) is 36.2 Å².